The Bertz CT molecular complexity index is 902. The van der Waals surface area contributed by atoms with Crippen molar-refractivity contribution in [3.63, 3.8) is 0 Å². The first-order valence-electron chi connectivity index (χ1n) is 9.32. The molecule has 1 unspecified atom stereocenters. The molecule has 0 aliphatic carbocycles. The fourth-order valence-electron chi connectivity index (χ4n) is 3.69. The van der Waals surface area contributed by atoms with E-state index in [0.717, 1.165) is 29.8 Å². The minimum absolute atomic E-state index is 0.0354. The second-order valence-electron chi connectivity index (χ2n) is 6.93. The van der Waals surface area contributed by atoms with Gasteiger partial charge < -0.3 is 19.7 Å². The zero-order valence-corrected chi connectivity index (χ0v) is 16.1. The van der Waals surface area contributed by atoms with Crippen LogP contribution >= 0.6 is 11.6 Å². The Kier molecular flexibility index (Phi) is 5.39. The number of nitrogens with zero attached hydrogens (tertiary/aromatic N) is 1. The Morgan fingerprint density at radius 1 is 1.14 bits per heavy atom. The van der Waals surface area contributed by atoms with Crippen molar-refractivity contribution in [2.24, 2.45) is 0 Å². The number of halogens is 1. The maximum Gasteiger partial charge on any atom is 0.251 e. The number of ether oxygens (including phenoxy) is 2. The molecule has 0 bridgehead atoms. The van der Waals surface area contributed by atoms with E-state index in [1.807, 2.05) is 29.2 Å². The highest BCUT2D eigenvalue weighted by atomic mass is 35.5. The van der Waals surface area contributed by atoms with Crippen molar-refractivity contribution in [3.05, 3.63) is 58.6 Å². The number of rotatable bonds is 5. The van der Waals surface area contributed by atoms with E-state index in [0.29, 0.717) is 23.6 Å². The minimum atomic E-state index is -0.312. The van der Waals surface area contributed by atoms with Gasteiger partial charge in [0.25, 0.3) is 5.91 Å². The normalized spacial score (nSPS) is 17.6. The van der Waals surface area contributed by atoms with Crippen molar-refractivity contribution in [1.82, 2.24) is 10.2 Å². The lowest BCUT2D eigenvalue weighted by Crippen LogP contribution is -2.43. The molecule has 6 nitrogen and oxygen atoms in total. The SMILES string of the molecule is O=C(NCC(=O)N1CCCC1Cc1ccccc1Cl)c1ccc2c(c1)OCO2. The van der Waals surface area contributed by atoms with E-state index in [2.05, 4.69) is 5.32 Å². The van der Waals surface area contributed by atoms with E-state index < -0.39 is 0 Å². The molecule has 28 heavy (non-hydrogen) atoms. The number of likely N-dealkylation sites (tertiary alicyclic amines) is 1. The van der Waals surface area contributed by atoms with Crippen LogP contribution in [0.1, 0.15) is 28.8 Å². The smallest absolute Gasteiger partial charge is 0.251 e. The number of fused-ring (bicyclic) bond motifs is 1. The first-order valence-corrected chi connectivity index (χ1v) is 9.70. The van der Waals surface area contributed by atoms with E-state index in [4.69, 9.17) is 21.1 Å². The second kappa shape index (κ2) is 8.10. The molecule has 1 fully saturated rings. The Balaban J connectivity index is 1.35. The third kappa shape index (κ3) is 3.92. The van der Waals surface area contributed by atoms with Crippen molar-refractivity contribution < 1.29 is 19.1 Å². The van der Waals surface area contributed by atoms with Gasteiger partial charge in [0.05, 0.1) is 6.54 Å². The molecule has 1 atom stereocenters. The summed E-state index contributed by atoms with van der Waals surface area (Å²) in [5.74, 6) is 0.766. The van der Waals surface area contributed by atoms with Crippen molar-refractivity contribution in [2.75, 3.05) is 19.9 Å². The van der Waals surface area contributed by atoms with Crippen LogP contribution in [0.15, 0.2) is 42.5 Å². The first kappa shape index (κ1) is 18.6. The van der Waals surface area contributed by atoms with E-state index in [1.165, 1.54) is 0 Å². The molecular weight excluding hydrogens is 380 g/mol. The zero-order chi connectivity index (χ0) is 19.5. The van der Waals surface area contributed by atoms with Gasteiger partial charge in [-0.15, -0.1) is 0 Å². The van der Waals surface area contributed by atoms with Crippen molar-refractivity contribution in [1.29, 1.82) is 0 Å². The molecule has 2 aromatic carbocycles. The predicted molar refractivity (Wildman–Crippen MR) is 105 cm³/mol. The number of nitrogens with one attached hydrogen (secondary N) is 1. The fourth-order valence-corrected chi connectivity index (χ4v) is 3.90. The van der Waals surface area contributed by atoms with Gasteiger partial charge in [0.1, 0.15) is 0 Å². The lowest BCUT2D eigenvalue weighted by molar-refractivity contribution is -0.130. The van der Waals surface area contributed by atoms with Gasteiger partial charge in [0.2, 0.25) is 12.7 Å². The van der Waals surface area contributed by atoms with Crippen molar-refractivity contribution in [3.8, 4) is 11.5 Å². The number of benzene rings is 2. The molecule has 1 saturated heterocycles. The molecule has 4 rings (SSSR count). The van der Waals surface area contributed by atoms with Crippen LogP contribution in [0.4, 0.5) is 0 Å². The van der Waals surface area contributed by atoms with Crippen LogP contribution in [0.5, 0.6) is 11.5 Å². The highest BCUT2D eigenvalue weighted by Crippen LogP contribution is 2.32. The largest absolute Gasteiger partial charge is 0.454 e. The lowest BCUT2D eigenvalue weighted by Gasteiger charge is -2.25. The molecule has 2 aliphatic heterocycles. The molecule has 0 radical (unpaired) electrons. The number of carbonyl (C=O) groups excluding carboxylic acids is 2. The monoisotopic (exact) mass is 400 g/mol. The molecule has 2 amide bonds. The van der Waals surface area contributed by atoms with Gasteiger partial charge in [-0.3, -0.25) is 9.59 Å². The second-order valence-corrected chi connectivity index (χ2v) is 7.34. The van der Waals surface area contributed by atoms with Crippen LogP contribution in [-0.4, -0.2) is 42.6 Å². The van der Waals surface area contributed by atoms with Crippen molar-refractivity contribution in [2.45, 2.75) is 25.3 Å². The van der Waals surface area contributed by atoms with Gasteiger partial charge in [-0.2, -0.15) is 0 Å². The molecule has 2 aromatic rings. The van der Waals surface area contributed by atoms with Gasteiger partial charge in [0, 0.05) is 23.2 Å². The summed E-state index contributed by atoms with van der Waals surface area (Å²) in [4.78, 5) is 26.9. The summed E-state index contributed by atoms with van der Waals surface area (Å²) >= 11 is 6.26. The van der Waals surface area contributed by atoms with E-state index >= 15 is 0 Å². The highest BCUT2D eigenvalue weighted by Gasteiger charge is 2.29. The summed E-state index contributed by atoms with van der Waals surface area (Å²) in [5.41, 5.74) is 1.48. The zero-order valence-electron chi connectivity index (χ0n) is 15.3. The molecule has 0 saturated carbocycles. The molecule has 7 heteroatoms. The Morgan fingerprint density at radius 3 is 2.82 bits per heavy atom. The molecule has 146 valence electrons. The fraction of sp³-hybridized carbons (Fsp3) is 0.333. The third-order valence-electron chi connectivity index (χ3n) is 5.15. The molecule has 1 N–H and O–H groups in total. The average Bonchev–Trinajstić information content (AvgIpc) is 3.36. The number of amides is 2. The summed E-state index contributed by atoms with van der Waals surface area (Å²) in [6.45, 7) is 0.820. The standard InChI is InChI=1S/C21H21ClN2O4/c22-17-6-2-1-4-14(17)10-16-5-3-9-24(16)20(25)12-23-21(26)15-7-8-18-19(11-15)28-13-27-18/h1-2,4,6-8,11,16H,3,5,9-10,12-13H2,(H,23,26). The molecule has 0 spiro atoms. The van der Waals surface area contributed by atoms with Gasteiger partial charge in [-0.1, -0.05) is 29.8 Å². The van der Waals surface area contributed by atoms with Gasteiger partial charge in [-0.05, 0) is 49.1 Å². The molecule has 2 aliphatic rings. The van der Waals surface area contributed by atoms with Crippen LogP contribution in [0, 0.1) is 0 Å². The minimum Gasteiger partial charge on any atom is -0.454 e. The molecule has 2 heterocycles. The summed E-state index contributed by atoms with van der Waals surface area (Å²) in [6.07, 6.45) is 2.62. The Hall–Kier alpha value is -2.73. The van der Waals surface area contributed by atoms with E-state index in [-0.39, 0.29) is 31.2 Å². The van der Waals surface area contributed by atoms with Crippen LogP contribution in [0.3, 0.4) is 0 Å². The van der Waals surface area contributed by atoms with Crippen molar-refractivity contribution >= 4 is 23.4 Å². The van der Waals surface area contributed by atoms with Gasteiger partial charge >= 0.3 is 0 Å². The topological polar surface area (TPSA) is 67.9 Å². The summed E-state index contributed by atoms with van der Waals surface area (Å²) < 4.78 is 10.5. The first-order chi connectivity index (χ1) is 13.6. The maximum atomic E-state index is 12.7. The van der Waals surface area contributed by atoms with E-state index in [1.54, 1.807) is 18.2 Å². The maximum absolute atomic E-state index is 12.7. The molecule has 0 aromatic heterocycles. The number of hydrogen-bond acceptors (Lipinski definition) is 4. The summed E-state index contributed by atoms with van der Waals surface area (Å²) in [6, 6.07) is 12.8. The van der Waals surface area contributed by atoms with E-state index in [9.17, 15) is 9.59 Å². The quantitative estimate of drug-likeness (QED) is 0.837. The summed E-state index contributed by atoms with van der Waals surface area (Å²) in [5, 5.41) is 3.43. The van der Waals surface area contributed by atoms with Gasteiger partial charge in [-0.25, -0.2) is 0 Å². The van der Waals surface area contributed by atoms with Crippen LogP contribution < -0.4 is 14.8 Å². The lowest BCUT2D eigenvalue weighted by atomic mass is 10.0. The average molecular weight is 401 g/mol. The predicted octanol–water partition coefficient (Wildman–Crippen LogP) is 3.03. The van der Waals surface area contributed by atoms with Crippen LogP contribution in [0.25, 0.3) is 0 Å². The number of carbonyl (C=O) groups is 2. The highest BCUT2D eigenvalue weighted by molar-refractivity contribution is 6.31. The molecular formula is C21H21ClN2O4. The number of hydrogen-bond donors (Lipinski definition) is 1. The van der Waals surface area contributed by atoms with Gasteiger partial charge in [0.15, 0.2) is 11.5 Å². The summed E-state index contributed by atoms with van der Waals surface area (Å²) in [7, 11) is 0. The van der Waals surface area contributed by atoms with Crippen LogP contribution in [-0.2, 0) is 11.2 Å². The Morgan fingerprint density at radius 2 is 1.96 bits per heavy atom. The Labute approximate surface area is 168 Å². The van der Waals surface area contributed by atoms with Crippen LogP contribution in [0.2, 0.25) is 5.02 Å². The third-order valence-corrected chi connectivity index (χ3v) is 5.51.